The number of hydrogen-bond donors (Lipinski definition) is 5. The van der Waals surface area contributed by atoms with E-state index in [1.807, 2.05) is 130 Å². The van der Waals surface area contributed by atoms with Gasteiger partial charge < -0.3 is 49.2 Å². The zero-order valence-electron chi connectivity index (χ0n) is 47.6. The molecule has 5 aromatic carbocycles. The number of aromatic nitrogens is 3. The number of nitrogens with zero attached hydrogens (tertiary/aromatic N) is 6. The number of rotatable bonds is 25. The molecule has 4 aliphatic rings. The SMILES string of the molecule is CCOc1ccc2c(c1)CC(NCCCCO)C(=O)N2c1ccc(CN2C(=O)[C@@]3(O[C@@H](CCn4cc(C(CO)c5ccccc5)nn4)[C@H]([Si](C)(C)F)[C@H]3C)c3cc(N4C(=O)C(NCCCCO)Cc5cc(OCC)ccc54)ccc32)cc1. The first-order valence-corrected chi connectivity index (χ1v) is 32.0. The number of fused-ring (bicyclic) bond motifs is 4. The summed E-state index contributed by atoms with van der Waals surface area (Å²) in [6.07, 6.45) is 4.91. The third-order valence-corrected chi connectivity index (χ3v) is 19.2. The number of halogens is 1. The molecule has 7 atom stereocenters. The molecule has 6 aromatic rings. The summed E-state index contributed by atoms with van der Waals surface area (Å²) < 4.78 is 38.1. The average Bonchev–Trinajstić information content (AvgIpc) is 2.25. The van der Waals surface area contributed by atoms with Crippen LogP contribution in [0.1, 0.15) is 92.3 Å². The fourth-order valence-corrected chi connectivity index (χ4v) is 15.4. The molecule has 1 saturated heterocycles. The summed E-state index contributed by atoms with van der Waals surface area (Å²) in [4.78, 5) is 50.5. The van der Waals surface area contributed by atoms with Crippen LogP contribution in [-0.4, -0.2) is 121 Å². The maximum atomic E-state index is 17.3. The molecule has 0 saturated carbocycles. The van der Waals surface area contributed by atoms with Crippen LogP contribution in [0.25, 0.3) is 0 Å². The lowest BCUT2D eigenvalue weighted by atomic mass is 9.82. The van der Waals surface area contributed by atoms with Crippen LogP contribution in [0.5, 0.6) is 11.5 Å². The fourth-order valence-electron chi connectivity index (χ4n) is 12.9. The van der Waals surface area contributed by atoms with Gasteiger partial charge in [-0.2, -0.15) is 0 Å². The highest BCUT2D eigenvalue weighted by Crippen LogP contribution is 2.61. The molecule has 5 heterocycles. The van der Waals surface area contributed by atoms with Gasteiger partial charge in [0.2, 0.25) is 20.2 Å². The summed E-state index contributed by atoms with van der Waals surface area (Å²) in [5.41, 5.74) is 5.55. The van der Waals surface area contributed by atoms with Crippen LogP contribution < -0.4 is 34.8 Å². The van der Waals surface area contributed by atoms with Crippen molar-refractivity contribution in [1.29, 1.82) is 0 Å². The van der Waals surface area contributed by atoms with Crippen molar-refractivity contribution in [3.8, 4) is 11.5 Å². The van der Waals surface area contributed by atoms with Gasteiger partial charge in [0.25, 0.3) is 5.91 Å². The van der Waals surface area contributed by atoms with E-state index < -0.39 is 43.7 Å². The Morgan fingerprint density at radius 2 is 1.32 bits per heavy atom. The second-order valence-electron chi connectivity index (χ2n) is 22.4. The van der Waals surface area contributed by atoms with Crippen LogP contribution in [0.2, 0.25) is 18.6 Å². The molecule has 0 radical (unpaired) electrons. The van der Waals surface area contributed by atoms with Gasteiger partial charge in [0.05, 0.1) is 73.2 Å². The molecule has 3 unspecified atom stereocenters. The Balaban J connectivity index is 1.01. The quantitative estimate of drug-likeness (QED) is 0.0208. The average molecular weight is 1140 g/mol. The number of ether oxygens (including phenoxy) is 3. The fraction of sp³-hybridized carbons (Fsp3) is 0.444. The van der Waals surface area contributed by atoms with E-state index in [1.54, 1.807) is 38.7 Å². The smallest absolute Gasteiger partial charge is 0.264 e. The van der Waals surface area contributed by atoms with E-state index >= 15 is 8.90 Å². The summed E-state index contributed by atoms with van der Waals surface area (Å²) in [6, 6.07) is 33.2. The van der Waals surface area contributed by atoms with Gasteiger partial charge in [-0.15, -0.1) is 5.10 Å². The molecule has 4 aliphatic heterocycles. The van der Waals surface area contributed by atoms with Gasteiger partial charge in [0.15, 0.2) is 5.60 Å². The molecule has 1 fully saturated rings. The molecule has 434 valence electrons. The Morgan fingerprint density at radius 1 is 0.744 bits per heavy atom. The number of aliphatic hydroxyl groups excluding tert-OH is 3. The number of nitrogens with one attached hydrogen (secondary N) is 2. The molecule has 82 heavy (non-hydrogen) atoms. The zero-order valence-corrected chi connectivity index (χ0v) is 48.6. The van der Waals surface area contributed by atoms with E-state index in [-0.39, 0.29) is 50.0 Å². The lowest BCUT2D eigenvalue weighted by molar-refractivity contribution is -0.146. The standard InChI is InChI=1S/C63H77FN8O9Si/c1-6-79-48-22-25-55-44(33-48)35-52(65-28-11-13-31-73)60(76)71(55)46-19-17-42(18-20-46)38-70-57-24-21-47(72-56-26-23-49(80-7-2)34-45(56)36-53(61(72)77)66-29-12-14-32-74)37-51(57)63(62(70)78)41(3)59(82(4,5)64)58(81-63)27-30-69-39-54(67-68-69)50(40-75)43-15-9-8-10-16-43/h8-10,15-26,33-34,37,39,41,50,52-53,58-59,65-66,73-75H,6-7,11-14,27-32,35-36,38,40H2,1-5H3/t41-,50?,52?,53?,58+,59-,63+/m1/s1. The molecular weight excluding hydrogens is 1060 g/mol. The van der Waals surface area contributed by atoms with Gasteiger partial charge in [-0.05, 0) is 174 Å². The van der Waals surface area contributed by atoms with E-state index in [9.17, 15) is 24.9 Å². The monoisotopic (exact) mass is 1140 g/mol. The number of unbranched alkanes of at least 4 members (excludes halogenated alkanes) is 2. The predicted octanol–water partition coefficient (Wildman–Crippen LogP) is 8.51. The molecule has 1 spiro atoms. The van der Waals surface area contributed by atoms with Crippen LogP contribution in [0.4, 0.5) is 32.5 Å². The first kappa shape index (κ1) is 58.4. The van der Waals surface area contributed by atoms with Gasteiger partial charge in [0, 0.05) is 54.4 Å². The lowest BCUT2D eigenvalue weighted by Gasteiger charge is -2.36. The van der Waals surface area contributed by atoms with E-state index in [0.717, 1.165) is 40.1 Å². The molecule has 1 aromatic heterocycles. The Labute approximate surface area is 480 Å². The minimum absolute atomic E-state index is 0.0491. The molecule has 10 rings (SSSR count). The number of anilines is 5. The molecular formula is C63H77FN8O9Si. The second-order valence-corrected chi connectivity index (χ2v) is 26.2. The minimum Gasteiger partial charge on any atom is -0.494 e. The Hall–Kier alpha value is -6.84. The van der Waals surface area contributed by atoms with Gasteiger partial charge in [-0.1, -0.05) is 54.6 Å². The van der Waals surface area contributed by atoms with Gasteiger partial charge in [-0.3, -0.25) is 28.9 Å². The van der Waals surface area contributed by atoms with Crippen molar-refractivity contribution in [3.63, 3.8) is 0 Å². The highest BCUT2D eigenvalue weighted by atomic mass is 28.4. The summed E-state index contributed by atoms with van der Waals surface area (Å²) in [6.45, 7) is 11.6. The Kier molecular flexibility index (Phi) is 18.0. The molecule has 0 aliphatic carbocycles. The number of aryl methyl sites for hydroxylation is 1. The lowest BCUT2D eigenvalue weighted by Crippen LogP contribution is -2.49. The summed E-state index contributed by atoms with van der Waals surface area (Å²) in [7, 11) is -3.64. The van der Waals surface area contributed by atoms with Crippen molar-refractivity contribution in [2.45, 2.75) is 127 Å². The molecule has 0 bridgehead atoms. The van der Waals surface area contributed by atoms with Crippen molar-refractivity contribution >= 4 is 54.6 Å². The van der Waals surface area contributed by atoms with Gasteiger partial charge in [-0.25, -0.2) is 0 Å². The number of carbonyl (C=O) groups excluding carboxylic acids is 3. The van der Waals surface area contributed by atoms with Gasteiger partial charge in [0.1, 0.15) is 11.5 Å². The Morgan fingerprint density at radius 3 is 1.88 bits per heavy atom. The minimum atomic E-state index is -3.64. The number of amides is 3. The maximum absolute atomic E-state index is 17.3. The largest absolute Gasteiger partial charge is 0.494 e. The van der Waals surface area contributed by atoms with E-state index in [0.29, 0.717) is 111 Å². The van der Waals surface area contributed by atoms with Gasteiger partial charge >= 0.3 is 0 Å². The molecule has 19 heteroatoms. The second kappa shape index (κ2) is 25.3. The topological polar surface area (TPSA) is 204 Å². The first-order chi connectivity index (χ1) is 39.7. The number of benzene rings is 5. The third-order valence-electron chi connectivity index (χ3n) is 16.7. The van der Waals surface area contributed by atoms with Crippen LogP contribution in [0.15, 0.2) is 115 Å². The molecule has 17 nitrogen and oxygen atoms in total. The van der Waals surface area contributed by atoms with Crippen LogP contribution in [0.3, 0.4) is 0 Å². The van der Waals surface area contributed by atoms with Crippen molar-refractivity contribution < 1.29 is 48.0 Å². The summed E-state index contributed by atoms with van der Waals surface area (Å²) >= 11 is 0. The van der Waals surface area contributed by atoms with Crippen LogP contribution >= 0.6 is 0 Å². The van der Waals surface area contributed by atoms with Crippen LogP contribution in [0, 0.1) is 5.92 Å². The van der Waals surface area contributed by atoms with E-state index in [1.165, 1.54) is 0 Å². The molecule has 5 N–H and O–H groups in total. The zero-order chi connectivity index (χ0) is 57.7. The predicted molar refractivity (Wildman–Crippen MR) is 315 cm³/mol. The van der Waals surface area contributed by atoms with E-state index in [2.05, 4.69) is 20.9 Å². The third kappa shape index (κ3) is 11.6. The molecule has 3 amide bonds. The normalized spacial score (nSPS) is 21.7. The van der Waals surface area contributed by atoms with Crippen molar-refractivity contribution in [2.75, 3.05) is 60.8 Å². The van der Waals surface area contributed by atoms with Crippen molar-refractivity contribution in [3.05, 3.63) is 149 Å². The Bertz CT molecular complexity index is 3220. The van der Waals surface area contributed by atoms with E-state index in [4.69, 9.17) is 14.2 Å². The summed E-state index contributed by atoms with van der Waals surface area (Å²) in [5, 5.41) is 45.2. The van der Waals surface area contributed by atoms with Crippen LogP contribution in [-0.2, 0) is 50.7 Å². The summed E-state index contributed by atoms with van der Waals surface area (Å²) in [5.74, 6) is -0.268. The first-order valence-electron chi connectivity index (χ1n) is 29.1. The highest BCUT2D eigenvalue weighted by Gasteiger charge is 2.67. The van der Waals surface area contributed by atoms with Crippen molar-refractivity contribution in [2.24, 2.45) is 5.92 Å². The number of hydrogen-bond acceptors (Lipinski definition) is 13. The van der Waals surface area contributed by atoms with Crippen molar-refractivity contribution in [1.82, 2.24) is 25.6 Å². The highest BCUT2D eigenvalue weighted by molar-refractivity contribution is 6.72. The number of carbonyl (C=O) groups is 3. The number of aliphatic hydroxyl groups is 3. The maximum Gasteiger partial charge on any atom is 0.264 e.